The second kappa shape index (κ2) is 11.1. The van der Waals surface area contributed by atoms with Gasteiger partial charge in [0.15, 0.2) is 0 Å². The molecule has 0 spiro atoms. The van der Waals surface area contributed by atoms with Crippen molar-refractivity contribution in [3.63, 3.8) is 0 Å². The average Bonchev–Trinajstić information content (AvgIpc) is 3.22. The van der Waals surface area contributed by atoms with E-state index in [0.717, 1.165) is 30.4 Å². The highest BCUT2D eigenvalue weighted by Gasteiger charge is 2.23. The van der Waals surface area contributed by atoms with Crippen LogP contribution in [-0.2, 0) is 6.54 Å². The molecule has 3 heteroatoms. The van der Waals surface area contributed by atoms with Crippen molar-refractivity contribution in [1.29, 1.82) is 0 Å². The lowest BCUT2D eigenvalue weighted by Gasteiger charge is -2.26. The number of rotatable bonds is 8. The Morgan fingerprint density at radius 2 is 1.68 bits per heavy atom. The third kappa shape index (κ3) is 5.57. The number of benzene rings is 2. The van der Waals surface area contributed by atoms with E-state index in [0.29, 0.717) is 6.04 Å². The summed E-state index contributed by atoms with van der Waals surface area (Å²) in [5.41, 5.74) is 9.96. The second-order valence-corrected chi connectivity index (χ2v) is 11.1. The van der Waals surface area contributed by atoms with Crippen LogP contribution in [0.25, 0.3) is 10.9 Å². The summed E-state index contributed by atoms with van der Waals surface area (Å²) in [5.74, 6) is 1.69. The molecule has 34 heavy (non-hydrogen) atoms. The van der Waals surface area contributed by atoms with Gasteiger partial charge in [0.1, 0.15) is 5.82 Å². The molecule has 1 heterocycles. The van der Waals surface area contributed by atoms with Crippen LogP contribution >= 0.6 is 0 Å². The number of halogens is 1. The Balaban J connectivity index is 1.41. The van der Waals surface area contributed by atoms with Gasteiger partial charge in [0, 0.05) is 35.6 Å². The molecule has 3 aromatic rings. The first-order chi connectivity index (χ1) is 16.7. The minimum absolute atomic E-state index is 0.130. The molecule has 182 valence electrons. The number of para-hydroxylation sites is 1. The molecule has 0 aliphatic heterocycles. The first-order valence-corrected chi connectivity index (χ1v) is 13.8. The van der Waals surface area contributed by atoms with Crippen LogP contribution in [0.5, 0.6) is 0 Å². The predicted molar refractivity (Wildman–Crippen MR) is 141 cm³/mol. The molecule has 2 aliphatic carbocycles. The maximum Gasteiger partial charge on any atom is 0.123 e. The van der Waals surface area contributed by atoms with Crippen LogP contribution in [0.15, 0.2) is 54.7 Å². The number of fused-ring (bicyclic) bond motifs is 1. The highest BCUT2D eigenvalue weighted by molar-refractivity contribution is 5.85. The van der Waals surface area contributed by atoms with Gasteiger partial charge >= 0.3 is 0 Å². The smallest absolute Gasteiger partial charge is 0.123 e. The Kier molecular flexibility index (Phi) is 7.69. The van der Waals surface area contributed by atoms with Crippen molar-refractivity contribution in [2.45, 2.75) is 95.6 Å². The topological polar surface area (TPSA) is 30.9 Å². The molecule has 2 saturated carbocycles. The number of nitrogens with zero attached hydrogens (tertiary/aromatic N) is 1. The fraction of sp³-hybridized carbons (Fsp3) is 0.548. The van der Waals surface area contributed by atoms with Crippen LogP contribution in [0.1, 0.15) is 94.1 Å². The van der Waals surface area contributed by atoms with E-state index in [4.69, 9.17) is 5.73 Å². The monoisotopic (exact) mass is 460 g/mol. The van der Waals surface area contributed by atoms with Crippen molar-refractivity contribution in [3.8, 4) is 0 Å². The van der Waals surface area contributed by atoms with E-state index in [1.165, 1.54) is 87.1 Å². The summed E-state index contributed by atoms with van der Waals surface area (Å²) < 4.78 is 16.8. The normalized spacial score (nSPS) is 22.8. The zero-order chi connectivity index (χ0) is 23.3. The average molecular weight is 461 g/mol. The molecule has 1 atom stereocenters. The molecule has 0 amide bonds. The fourth-order valence-electron chi connectivity index (χ4n) is 6.66. The summed E-state index contributed by atoms with van der Waals surface area (Å²) in [6.45, 7) is 1.11. The van der Waals surface area contributed by atoms with Crippen LogP contribution in [-0.4, -0.2) is 10.6 Å². The van der Waals surface area contributed by atoms with E-state index in [1.807, 2.05) is 6.07 Å². The Morgan fingerprint density at radius 1 is 0.882 bits per heavy atom. The first kappa shape index (κ1) is 23.6. The Morgan fingerprint density at radius 3 is 2.47 bits per heavy atom. The van der Waals surface area contributed by atoms with E-state index >= 15 is 0 Å². The summed E-state index contributed by atoms with van der Waals surface area (Å²) in [7, 11) is 0. The van der Waals surface area contributed by atoms with E-state index in [2.05, 4.69) is 41.1 Å². The van der Waals surface area contributed by atoms with Gasteiger partial charge in [-0.05, 0) is 86.1 Å². The zero-order valence-corrected chi connectivity index (χ0v) is 20.6. The maximum absolute atomic E-state index is 14.3. The summed E-state index contributed by atoms with van der Waals surface area (Å²) in [6, 6.07) is 16.6. The maximum atomic E-state index is 14.3. The summed E-state index contributed by atoms with van der Waals surface area (Å²) in [6.07, 6.45) is 17.6. The van der Waals surface area contributed by atoms with Crippen molar-refractivity contribution in [2.24, 2.45) is 17.6 Å². The van der Waals surface area contributed by atoms with Crippen molar-refractivity contribution < 1.29 is 4.39 Å². The quantitative estimate of drug-likeness (QED) is 0.361. The molecule has 2 N–H and O–H groups in total. The SMILES string of the molecule is NC1CCC(CCCC(c2cccc(F)c2)c2cn(CC3CCCCC3)c3ccccc23)CC1. The van der Waals surface area contributed by atoms with Gasteiger partial charge in [0.05, 0.1) is 0 Å². The molecular weight excluding hydrogens is 419 g/mol. The Labute approximate surface area is 204 Å². The molecule has 2 nitrogen and oxygen atoms in total. The lowest BCUT2D eigenvalue weighted by Crippen LogP contribution is -2.26. The minimum atomic E-state index is -0.130. The van der Waals surface area contributed by atoms with Crippen molar-refractivity contribution in [2.75, 3.05) is 0 Å². The molecule has 0 radical (unpaired) electrons. The minimum Gasteiger partial charge on any atom is -0.347 e. The van der Waals surface area contributed by atoms with Gasteiger partial charge in [0.2, 0.25) is 0 Å². The lowest BCUT2D eigenvalue weighted by molar-refractivity contribution is 0.302. The summed E-state index contributed by atoms with van der Waals surface area (Å²) in [5, 5.41) is 1.34. The summed E-state index contributed by atoms with van der Waals surface area (Å²) in [4.78, 5) is 0. The van der Waals surface area contributed by atoms with Gasteiger partial charge in [0.25, 0.3) is 0 Å². The third-order valence-corrected chi connectivity index (χ3v) is 8.62. The Hall–Kier alpha value is -2.13. The van der Waals surface area contributed by atoms with Crippen molar-refractivity contribution >= 4 is 10.9 Å². The molecule has 2 aliphatic rings. The van der Waals surface area contributed by atoms with Crippen LogP contribution in [0.2, 0.25) is 0 Å². The standard InChI is InChI=1S/C31H41FN2/c32-26-12-7-11-25(20-26)28(14-6-10-23-16-18-27(33)19-17-23)30-22-34(21-24-8-2-1-3-9-24)31-15-5-4-13-29(30)31/h4-5,7,11-13,15,20,22-24,27-28H,1-3,6,8-10,14,16-19,21,33H2. The van der Waals surface area contributed by atoms with Crippen molar-refractivity contribution in [3.05, 3.63) is 71.7 Å². The van der Waals surface area contributed by atoms with Gasteiger partial charge in [-0.25, -0.2) is 4.39 Å². The number of aromatic nitrogens is 1. The zero-order valence-electron chi connectivity index (χ0n) is 20.6. The van der Waals surface area contributed by atoms with Crippen molar-refractivity contribution in [1.82, 2.24) is 4.57 Å². The van der Waals surface area contributed by atoms with Gasteiger partial charge in [-0.2, -0.15) is 0 Å². The first-order valence-electron chi connectivity index (χ1n) is 13.8. The molecular formula is C31H41FN2. The fourth-order valence-corrected chi connectivity index (χ4v) is 6.66. The van der Waals surface area contributed by atoms with E-state index in [9.17, 15) is 4.39 Å². The van der Waals surface area contributed by atoms with Gasteiger partial charge in [-0.15, -0.1) is 0 Å². The molecule has 2 fully saturated rings. The number of hydrogen-bond acceptors (Lipinski definition) is 1. The van der Waals surface area contributed by atoms with Crippen LogP contribution in [0.4, 0.5) is 4.39 Å². The second-order valence-electron chi connectivity index (χ2n) is 11.1. The predicted octanol–water partition coefficient (Wildman–Crippen LogP) is 8.18. The largest absolute Gasteiger partial charge is 0.347 e. The lowest BCUT2D eigenvalue weighted by atomic mass is 9.81. The Bertz CT molecular complexity index is 1060. The third-order valence-electron chi connectivity index (χ3n) is 8.62. The van der Waals surface area contributed by atoms with Gasteiger partial charge in [-0.3, -0.25) is 0 Å². The van der Waals surface area contributed by atoms with Gasteiger partial charge < -0.3 is 10.3 Å². The number of nitrogens with two attached hydrogens (primary N) is 1. The highest BCUT2D eigenvalue weighted by Crippen LogP contribution is 2.38. The number of hydrogen-bond donors (Lipinski definition) is 1. The molecule has 2 aromatic carbocycles. The summed E-state index contributed by atoms with van der Waals surface area (Å²) >= 11 is 0. The molecule has 1 aromatic heterocycles. The van der Waals surface area contributed by atoms with Gasteiger partial charge in [-0.1, -0.05) is 62.4 Å². The van der Waals surface area contributed by atoms with E-state index < -0.39 is 0 Å². The van der Waals surface area contributed by atoms with Crippen LogP contribution < -0.4 is 5.73 Å². The van der Waals surface area contributed by atoms with Crippen LogP contribution in [0, 0.1) is 17.7 Å². The molecule has 0 saturated heterocycles. The molecule has 5 rings (SSSR count). The highest BCUT2D eigenvalue weighted by atomic mass is 19.1. The van der Waals surface area contributed by atoms with E-state index in [1.54, 1.807) is 12.1 Å². The molecule has 1 unspecified atom stereocenters. The molecule has 0 bridgehead atoms. The van der Waals surface area contributed by atoms with E-state index in [-0.39, 0.29) is 11.7 Å². The van der Waals surface area contributed by atoms with Crippen LogP contribution in [0.3, 0.4) is 0 Å².